The first-order valence-electron chi connectivity index (χ1n) is 5.10. The largest absolute Gasteiger partial charge is 0.490 e. The van der Waals surface area contributed by atoms with E-state index in [2.05, 4.69) is 6.92 Å². The van der Waals surface area contributed by atoms with Gasteiger partial charge in [-0.15, -0.1) is 0 Å². The molecule has 1 radical (unpaired) electrons. The molecule has 1 rings (SSSR count). The van der Waals surface area contributed by atoms with Crippen LogP contribution in [0.25, 0.3) is 0 Å². The highest BCUT2D eigenvalue weighted by molar-refractivity contribution is 5.33. The van der Waals surface area contributed by atoms with E-state index in [1.165, 1.54) is 5.56 Å². The van der Waals surface area contributed by atoms with Gasteiger partial charge in [0.2, 0.25) is 0 Å². The molecule has 0 aliphatic carbocycles. The molecule has 77 valence electrons. The third-order valence-corrected chi connectivity index (χ3v) is 1.97. The lowest BCUT2D eigenvalue weighted by Crippen LogP contribution is -2.12. The lowest BCUT2D eigenvalue weighted by molar-refractivity contribution is 0.0582. The highest BCUT2D eigenvalue weighted by Crippen LogP contribution is 2.19. The topological polar surface area (TPSA) is 29.1 Å². The van der Waals surface area contributed by atoms with Crippen LogP contribution in [0, 0.1) is 0 Å². The summed E-state index contributed by atoms with van der Waals surface area (Å²) >= 11 is 0. The standard InChI is InChI=1S/C12H17O2/c1-3-6-11-7-4-5-8-12(11)14-9-10(2)13/h4-5,7-8,10H,3,6,9H2,1-2H3. The van der Waals surface area contributed by atoms with Crippen LogP contribution in [0.5, 0.6) is 5.75 Å². The second-order valence-electron chi connectivity index (χ2n) is 3.48. The first-order chi connectivity index (χ1) is 6.74. The molecule has 0 heterocycles. The summed E-state index contributed by atoms with van der Waals surface area (Å²) in [5.74, 6) is 0.858. The van der Waals surface area contributed by atoms with Gasteiger partial charge < -0.3 is 4.74 Å². The molecule has 14 heavy (non-hydrogen) atoms. The van der Waals surface area contributed by atoms with Crippen molar-refractivity contribution in [3.8, 4) is 5.75 Å². The van der Waals surface area contributed by atoms with Crippen molar-refractivity contribution in [2.45, 2.75) is 32.8 Å². The van der Waals surface area contributed by atoms with Crippen molar-refractivity contribution in [3.05, 3.63) is 29.8 Å². The molecule has 0 aromatic heterocycles. The van der Waals surface area contributed by atoms with Crippen LogP contribution in [-0.2, 0) is 11.5 Å². The maximum Gasteiger partial charge on any atom is 0.124 e. The molecule has 0 aliphatic rings. The molecule has 2 nitrogen and oxygen atoms in total. The Balaban J connectivity index is 2.64. The number of rotatable bonds is 5. The number of hydrogen-bond acceptors (Lipinski definition) is 1. The predicted molar refractivity (Wildman–Crippen MR) is 56.1 cm³/mol. The molecule has 0 fully saturated rings. The van der Waals surface area contributed by atoms with E-state index in [0.717, 1.165) is 18.6 Å². The summed E-state index contributed by atoms with van der Waals surface area (Å²) in [5, 5.41) is 10.8. The van der Waals surface area contributed by atoms with Crippen LogP contribution in [-0.4, -0.2) is 12.7 Å². The quantitative estimate of drug-likeness (QED) is 0.707. The lowest BCUT2D eigenvalue weighted by atomic mass is 10.1. The molecule has 2 heteroatoms. The summed E-state index contributed by atoms with van der Waals surface area (Å²) in [5.41, 5.74) is 1.19. The summed E-state index contributed by atoms with van der Waals surface area (Å²) in [6.45, 7) is 4.00. The lowest BCUT2D eigenvalue weighted by Gasteiger charge is -2.11. The van der Waals surface area contributed by atoms with Gasteiger partial charge in [0, 0.05) is 0 Å². The zero-order valence-electron chi connectivity index (χ0n) is 8.82. The molecule has 1 atom stereocenters. The molecule has 1 aromatic rings. The Morgan fingerprint density at radius 3 is 2.71 bits per heavy atom. The number of hydrogen-bond donors (Lipinski definition) is 0. The Morgan fingerprint density at radius 2 is 2.07 bits per heavy atom. The van der Waals surface area contributed by atoms with Crippen molar-refractivity contribution in [2.75, 3.05) is 6.61 Å². The molecular weight excluding hydrogens is 176 g/mol. The Kier molecular flexibility index (Phi) is 4.47. The molecule has 0 saturated carbocycles. The van der Waals surface area contributed by atoms with Gasteiger partial charge in [-0.1, -0.05) is 31.5 Å². The van der Waals surface area contributed by atoms with Crippen LogP contribution < -0.4 is 4.74 Å². The van der Waals surface area contributed by atoms with E-state index in [-0.39, 0.29) is 6.61 Å². The highest BCUT2D eigenvalue weighted by atomic mass is 16.5. The van der Waals surface area contributed by atoms with Crippen LogP contribution in [0.15, 0.2) is 24.3 Å². The van der Waals surface area contributed by atoms with Gasteiger partial charge in [-0.05, 0) is 25.0 Å². The molecule has 0 amide bonds. The van der Waals surface area contributed by atoms with E-state index >= 15 is 0 Å². The Bertz CT molecular complexity index is 269. The van der Waals surface area contributed by atoms with E-state index in [9.17, 15) is 5.11 Å². The van der Waals surface area contributed by atoms with Crippen LogP contribution in [0.1, 0.15) is 25.8 Å². The third-order valence-electron chi connectivity index (χ3n) is 1.97. The van der Waals surface area contributed by atoms with Gasteiger partial charge in [0.15, 0.2) is 0 Å². The molecule has 0 spiro atoms. The monoisotopic (exact) mass is 193 g/mol. The van der Waals surface area contributed by atoms with Gasteiger partial charge in [0.05, 0.1) is 0 Å². The fourth-order valence-corrected chi connectivity index (χ4v) is 1.33. The van der Waals surface area contributed by atoms with E-state index in [1.807, 2.05) is 24.3 Å². The molecule has 0 saturated heterocycles. The van der Waals surface area contributed by atoms with Gasteiger partial charge >= 0.3 is 0 Å². The fourth-order valence-electron chi connectivity index (χ4n) is 1.33. The Hall–Kier alpha value is -1.02. The SMILES string of the molecule is CCCc1ccccc1OCC(C)[O]. The van der Waals surface area contributed by atoms with Gasteiger partial charge in [-0.2, -0.15) is 0 Å². The van der Waals surface area contributed by atoms with Gasteiger partial charge in [-0.3, -0.25) is 0 Å². The predicted octanol–water partition coefficient (Wildman–Crippen LogP) is 2.84. The van der Waals surface area contributed by atoms with Crippen molar-refractivity contribution in [2.24, 2.45) is 0 Å². The van der Waals surface area contributed by atoms with Gasteiger partial charge in [0.25, 0.3) is 0 Å². The minimum Gasteiger partial charge on any atom is -0.490 e. The van der Waals surface area contributed by atoms with Crippen molar-refractivity contribution < 1.29 is 9.84 Å². The van der Waals surface area contributed by atoms with E-state index in [4.69, 9.17) is 4.74 Å². The molecule has 1 unspecified atom stereocenters. The minimum absolute atomic E-state index is 0.251. The van der Waals surface area contributed by atoms with E-state index in [0.29, 0.717) is 0 Å². The van der Waals surface area contributed by atoms with Crippen molar-refractivity contribution in [1.29, 1.82) is 0 Å². The van der Waals surface area contributed by atoms with Crippen molar-refractivity contribution >= 4 is 0 Å². The first kappa shape index (κ1) is 11.1. The molecule has 1 aromatic carbocycles. The van der Waals surface area contributed by atoms with Crippen molar-refractivity contribution in [1.82, 2.24) is 0 Å². The second kappa shape index (κ2) is 5.66. The summed E-state index contributed by atoms with van der Waals surface area (Å²) in [6, 6.07) is 7.91. The minimum atomic E-state index is -0.662. The zero-order valence-corrected chi connectivity index (χ0v) is 8.82. The Labute approximate surface area is 85.5 Å². The fraction of sp³-hybridized carbons (Fsp3) is 0.500. The summed E-state index contributed by atoms with van der Waals surface area (Å²) < 4.78 is 5.44. The van der Waals surface area contributed by atoms with Crippen LogP contribution >= 0.6 is 0 Å². The zero-order chi connectivity index (χ0) is 10.4. The normalized spacial score (nSPS) is 12.5. The molecular formula is C12H17O2. The Morgan fingerprint density at radius 1 is 1.36 bits per heavy atom. The number of para-hydroxylation sites is 1. The first-order valence-corrected chi connectivity index (χ1v) is 5.10. The third kappa shape index (κ3) is 3.38. The van der Waals surface area contributed by atoms with E-state index in [1.54, 1.807) is 6.92 Å². The van der Waals surface area contributed by atoms with Crippen LogP contribution in [0.2, 0.25) is 0 Å². The van der Waals surface area contributed by atoms with Gasteiger partial charge in [0.1, 0.15) is 18.5 Å². The molecule has 0 N–H and O–H groups in total. The number of benzene rings is 1. The molecule has 0 bridgehead atoms. The smallest absolute Gasteiger partial charge is 0.124 e. The summed E-state index contributed by atoms with van der Waals surface area (Å²) in [6.07, 6.45) is 1.43. The van der Waals surface area contributed by atoms with E-state index < -0.39 is 6.10 Å². The highest BCUT2D eigenvalue weighted by Gasteiger charge is 2.03. The van der Waals surface area contributed by atoms with Crippen LogP contribution in [0.3, 0.4) is 0 Å². The maximum atomic E-state index is 10.8. The number of ether oxygens (including phenoxy) is 1. The second-order valence-corrected chi connectivity index (χ2v) is 3.48. The number of aryl methyl sites for hydroxylation is 1. The van der Waals surface area contributed by atoms with Crippen LogP contribution in [0.4, 0.5) is 0 Å². The van der Waals surface area contributed by atoms with Gasteiger partial charge in [-0.25, -0.2) is 5.11 Å². The average molecular weight is 193 g/mol. The molecule has 0 aliphatic heterocycles. The summed E-state index contributed by atoms with van der Waals surface area (Å²) in [7, 11) is 0. The maximum absolute atomic E-state index is 10.8. The summed E-state index contributed by atoms with van der Waals surface area (Å²) in [4.78, 5) is 0. The van der Waals surface area contributed by atoms with Crippen molar-refractivity contribution in [3.63, 3.8) is 0 Å². The average Bonchev–Trinajstić information content (AvgIpc) is 2.17.